The molecule has 1 N–H and O–H groups in total. The maximum absolute atomic E-state index is 5.78. The minimum atomic E-state index is -0.186. The van der Waals surface area contributed by atoms with Crippen molar-refractivity contribution < 1.29 is 4.74 Å². The van der Waals surface area contributed by atoms with Crippen LogP contribution in [0.15, 0.2) is 24.3 Å². The van der Waals surface area contributed by atoms with Gasteiger partial charge in [0.05, 0.1) is 6.61 Å². The molecular formula is C13H19NO. The van der Waals surface area contributed by atoms with Crippen molar-refractivity contribution in [2.45, 2.75) is 39.0 Å². The predicted molar refractivity (Wildman–Crippen MR) is 61.8 cm³/mol. The Morgan fingerprint density at radius 2 is 2.07 bits per heavy atom. The fourth-order valence-electron chi connectivity index (χ4n) is 2.11. The van der Waals surface area contributed by atoms with Crippen molar-refractivity contribution in [2.24, 2.45) is 0 Å². The minimum absolute atomic E-state index is 0.186. The molecule has 1 aliphatic rings. The molecule has 1 aliphatic heterocycles. The maximum atomic E-state index is 5.78. The Bertz CT molecular complexity index is 333. The summed E-state index contributed by atoms with van der Waals surface area (Å²) in [5, 5.41) is 3.47. The lowest BCUT2D eigenvalue weighted by molar-refractivity contribution is 0.00690. The molecule has 0 bridgehead atoms. The van der Waals surface area contributed by atoms with Crippen LogP contribution in [0.25, 0.3) is 0 Å². The van der Waals surface area contributed by atoms with Gasteiger partial charge in [0.2, 0.25) is 0 Å². The molecule has 82 valence electrons. The Morgan fingerprint density at radius 1 is 1.40 bits per heavy atom. The SMILES string of the molecule is Cc1ccc(CC2(C)NC(C)CO2)cc1. The number of rotatable bonds is 2. The standard InChI is InChI=1S/C13H19NO/c1-10-4-6-12(7-5-10)8-13(3)14-11(2)9-15-13/h4-7,11,14H,8-9H2,1-3H3. The molecule has 2 rings (SSSR count). The lowest BCUT2D eigenvalue weighted by atomic mass is 10.0. The maximum Gasteiger partial charge on any atom is 0.120 e. The Kier molecular flexibility index (Phi) is 2.81. The summed E-state index contributed by atoms with van der Waals surface area (Å²) in [5.41, 5.74) is 2.44. The van der Waals surface area contributed by atoms with Crippen LogP contribution in [0.5, 0.6) is 0 Å². The highest BCUT2D eigenvalue weighted by Crippen LogP contribution is 2.20. The Morgan fingerprint density at radius 3 is 2.60 bits per heavy atom. The first-order valence-electron chi connectivity index (χ1n) is 5.55. The smallest absolute Gasteiger partial charge is 0.120 e. The van der Waals surface area contributed by atoms with Crippen LogP contribution in [0.3, 0.4) is 0 Å². The van der Waals surface area contributed by atoms with Gasteiger partial charge in [-0.2, -0.15) is 0 Å². The monoisotopic (exact) mass is 205 g/mol. The second kappa shape index (κ2) is 3.95. The van der Waals surface area contributed by atoms with Crippen LogP contribution in [-0.2, 0) is 11.2 Å². The van der Waals surface area contributed by atoms with Crippen LogP contribution in [0, 0.1) is 6.92 Å². The summed E-state index contributed by atoms with van der Waals surface area (Å²) in [5.74, 6) is 0. The van der Waals surface area contributed by atoms with Gasteiger partial charge in [-0.1, -0.05) is 29.8 Å². The minimum Gasteiger partial charge on any atom is -0.359 e. The molecule has 0 amide bonds. The second-order valence-corrected chi connectivity index (χ2v) is 4.75. The van der Waals surface area contributed by atoms with Gasteiger partial charge in [-0.05, 0) is 26.3 Å². The highest BCUT2D eigenvalue weighted by molar-refractivity contribution is 5.22. The number of hydrogen-bond acceptors (Lipinski definition) is 2. The molecule has 1 aromatic carbocycles. The summed E-state index contributed by atoms with van der Waals surface area (Å²) in [7, 11) is 0. The molecule has 2 unspecified atom stereocenters. The van der Waals surface area contributed by atoms with Gasteiger partial charge in [-0.25, -0.2) is 0 Å². The van der Waals surface area contributed by atoms with Crippen molar-refractivity contribution in [1.82, 2.24) is 5.32 Å². The summed E-state index contributed by atoms with van der Waals surface area (Å²) in [4.78, 5) is 0. The van der Waals surface area contributed by atoms with E-state index in [0.717, 1.165) is 13.0 Å². The topological polar surface area (TPSA) is 21.3 Å². The van der Waals surface area contributed by atoms with Crippen molar-refractivity contribution in [1.29, 1.82) is 0 Å². The van der Waals surface area contributed by atoms with E-state index in [-0.39, 0.29) is 5.72 Å². The van der Waals surface area contributed by atoms with Gasteiger partial charge in [-0.3, -0.25) is 5.32 Å². The van der Waals surface area contributed by atoms with Crippen molar-refractivity contribution in [2.75, 3.05) is 6.61 Å². The average molecular weight is 205 g/mol. The molecule has 2 nitrogen and oxygen atoms in total. The molecular weight excluding hydrogens is 186 g/mol. The molecule has 0 radical (unpaired) electrons. The van der Waals surface area contributed by atoms with Gasteiger partial charge in [0.25, 0.3) is 0 Å². The van der Waals surface area contributed by atoms with Crippen LogP contribution in [0.2, 0.25) is 0 Å². The highest BCUT2D eigenvalue weighted by Gasteiger charge is 2.33. The van der Waals surface area contributed by atoms with Crippen LogP contribution >= 0.6 is 0 Å². The van der Waals surface area contributed by atoms with Crippen molar-refractivity contribution >= 4 is 0 Å². The van der Waals surface area contributed by atoms with Gasteiger partial charge in [0.1, 0.15) is 5.72 Å². The van der Waals surface area contributed by atoms with E-state index in [1.54, 1.807) is 0 Å². The van der Waals surface area contributed by atoms with Gasteiger partial charge < -0.3 is 4.74 Å². The third-order valence-electron chi connectivity index (χ3n) is 2.87. The largest absolute Gasteiger partial charge is 0.359 e. The summed E-state index contributed by atoms with van der Waals surface area (Å²) >= 11 is 0. The summed E-state index contributed by atoms with van der Waals surface area (Å²) < 4.78 is 5.78. The first-order valence-corrected chi connectivity index (χ1v) is 5.55. The van der Waals surface area contributed by atoms with E-state index in [9.17, 15) is 0 Å². The van der Waals surface area contributed by atoms with Crippen molar-refractivity contribution in [3.05, 3.63) is 35.4 Å². The number of hydrogen-bond donors (Lipinski definition) is 1. The van der Waals surface area contributed by atoms with E-state index in [1.807, 2.05) is 0 Å². The number of aryl methyl sites for hydroxylation is 1. The zero-order valence-electron chi connectivity index (χ0n) is 9.71. The molecule has 0 saturated carbocycles. The van der Waals surface area contributed by atoms with Gasteiger partial charge in [0, 0.05) is 12.5 Å². The van der Waals surface area contributed by atoms with Crippen LogP contribution in [-0.4, -0.2) is 18.4 Å². The number of ether oxygens (including phenoxy) is 1. The van der Waals surface area contributed by atoms with Crippen LogP contribution in [0.4, 0.5) is 0 Å². The van der Waals surface area contributed by atoms with E-state index in [0.29, 0.717) is 6.04 Å². The van der Waals surface area contributed by atoms with Gasteiger partial charge in [-0.15, -0.1) is 0 Å². The number of nitrogens with one attached hydrogen (secondary N) is 1. The lowest BCUT2D eigenvalue weighted by Gasteiger charge is -2.24. The lowest BCUT2D eigenvalue weighted by Crippen LogP contribution is -2.42. The molecule has 1 heterocycles. The molecule has 2 heteroatoms. The summed E-state index contributed by atoms with van der Waals surface area (Å²) in [6.07, 6.45) is 0.928. The van der Waals surface area contributed by atoms with Crippen LogP contribution in [0.1, 0.15) is 25.0 Å². The van der Waals surface area contributed by atoms with Crippen molar-refractivity contribution in [3.63, 3.8) is 0 Å². The zero-order valence-corrected chi connectivity index (χ0v) is 9.71. The molecule has 1 fully saturated rings. The molecule has 15 heavy (non-hydrogen) atoms. The van der Waals surface area contributed by atoms with E-state index in [2.05, 4.69) is 50.4 Å². The Labute approximate surface area is 91.6 Å². The van der Waals surface area contributed by atoms with Crippen LogP contribution < -0.4 is 5.32 Å². The van der Waals surface area contributed by atoms with E-state index < -0.39 is 0 Å². The van der Waals surface area contributed by atoms with E-state index in [4.69, 9.17) is 4.74 Å². The first-order chi connectivity index (χ1) is 7.07. The fraction of sp³-hybridized carbons (Fsp3) is 0.538. The predicted octanol–water partition coefficient (Wildman–Crippen LogP) is 2.26. The molecule has 2 atom stereocenters. The van der Waals surface area contributed by atoms with Crippen molar-refractivity contribution in [3.8, 4) is 0 Å². The van der Waals surface area contributed by atoms with Gasteiger partial charge >= 0.3 is 0 Å². The summed E-state index contributed by atoms with van der Waals surface area (Å²) in [6.45, 7) is 7.19. The fourth-order valence-corrected chi connectivity index (χ4v) is 2.11. The third-order valence-corrected chi connectivity index (χ3v) is 2.87. The normalized spacial score (nSPS) is 30.7. The Hall–Kier alpha value is -0.860. The highest BCUT2D eigenvalue weighted by atomic mass is 16.5. The first kappa shape index (κ1) is 10.7. The third kappa shape index (κ3) is 2.58. The summed E-state index contributed by atoms with van der Waals surface area (Å²) in [6, 6.07) is 9.11. The van der Waals surface area contributed by atoms with Gasteiger partial charge in [0.15, 0.2) is 0 Å². The van der Waals surface area contributed by atoms with E-state index in [1.165, 1.54) is 11.1 Å². The molecule has 1 saturated heterocycles. The molecule has 1 aromatic rings. The Balaban J connectivity index is 2.05. The number of benzene rings is 1. The van der Waals surface area contributed by atoms with E-state index >= 15 is 0 Å². The second-order valence-electron chi connectivity index (χ2n) is 4.75. The zero-order chi connectivity index (χ0) is 10.9. The molecule has 0 aromatic heterocycles. The quantitative estimate of drug-likeness (QED) is 0.799. The molecule has 0 aliphatic carbocycles. The molecule has 0 spiro atoms. The average Bonchev–Trinajstić information content (AvgIpc) is 2.50.